The standard InChI is InChI=1S/C6H16O2SSi.CH3Cl3Si/c1-7-10(3,8-2)6-4-5-9;1-5(2,3)4/h9H,4-6H2,1-3H3;1H3. The molecule has 0 aromatic heterocycles. The summed E-state index contributed by atoms with van der Waals surface area (Å²) in [4.78, 5) is 0. The van der Waals surface area contributed by atoms with E-state index in [1.165, 1.54) is 0 Å². The Bertz CT molecular complexity index is 148. The number of rotatable bonds is 5. The predicted molar refractivity (Wildman–Crippen MR) is 78.1 cm³/mol. The van der Waals surface area contributed by atoms with E-state index in [1.807, 2.05) is 0 Å². The van der Waals surface area contributed by atoms with Crippen LogP contribution in [0.2, 0.25) is 19.1 Å². The molecule has 0 N–H and O–H groups in total. The van der Waals surface area contributed by atoms with Crippen LogP contribution in [0.3, 0.4) is 0 Å². The molecule has 0 radical (unpaired) electrons. The molecule has 15 heavy (non-hydrogen) atoms. The van der Waals surface area contributed by atoms with Crippen LogP contribution in [0.5, 0.6) is 0 Å². The first-order valence-corrected chi connectivity index (χ1v) is 13.2. The lowest BCUT2D eigenvalue weighted by atomic mass is 10.6. The molecular formula is C7H19Cl3O2SSi2. The highest BCUT2D eigenvalue weighted by Gasteiger charge is 2.27. The van der Waals surface area contributed by atoms with Gasteiger partial charge in [-0.2, -0.15) is 12.6 Å². The summed E-state index contributed by atoms with van der Waals surface area (Å²) in [6, 6.07) is -1.16. The molecule has 0 fully saturated rings. The highest BCUT2D eigenvalue weighted by molar-refractivity contribution is 7.80. The van der Waals surface area contributed by atoms with E-state index in [0.29, 0.717) is 0 Å². The molecule has 94 valence electrons. The molecule has 0 bridgehead atoms. The van der Waals surface area contributed by atoms with Crippen molar-refractivity contribution in [3.8, 4) is 0 Å². The van der Waals surface area contributed by atoms with E-state index < -0.39 is 14.6 Å². The van der Waals surface area contributed by atoms with Crippen molar-refractivity contribution in [1.29, 1.82) is 0 Å². The fourth-order valence-electron chi connectivity index (χ4n) is 0.688. The second-order valence-corrected chi connectivity index (χ2v) is 17.3. The van der Waals surface area contributed by atoms with Gasteiger partial charge in [-0.1, -0.05) is 0 Å². The molecule has 0 spiro atoms. The van der Waals surface area contributed by atoms with Gasteiger partial charge in [0, 0.05) is 14.2 Å². The highest BCUT2D eigenvalue weighted by Crippen LogP contribution is 2.17. The summed E-state index contributed by atoms with van der Waals surface area (Å²) in [5.74, 6) is 0.912. The zero-order chi connectivity index (χ0) is 12.5. The minimum Gasteiger partial charge on any atom is -0.398 e. The largest absolute Gasteiger partial charge is 0.398 e. The molecule has 2 nitrogen and oxygen atoms in total. The van der Waals surface area contributed by atoms with Crippen molar-refractivity contribution in [2.24, 2.45) is 0 Å². The first-order chi connectivity index (χ1) is 6.68. The van der Waals surface area contributed by atoms with Gasteiger partial charge in [0.05, 0.1) is 0 Å². The third-order valence-electron chi connectivity index (χ3n) is 1.65. The third kappa shape index (κ3) is 18.1. The summed E-state index contributed by atoms with van der Waals surface area (Å²) in [5.41, 5.74) is 0. The molecule has 0 aliphatic rings. The Hall–Kier alpha value is 1.57. The van der Waals surface area contributed by atoms with Crippen molar-refractivity contribution in [2.75, 3.05) is 20.0 Å². The highest BCUT2D eigenvalue weighted by atomic mass is 35.8. The zero-order valence-electron chi connectivity index (χ0n) is 9.52. The van der Waals surface area contributed by atoms with Crippen LogP contribution in [-0.2, 0) is 8.85 Å². The first-order valence-electron chi connectivity index (χ1n) is 4.46. The molecule has 0 heterocycles. The van der Waals surface area contributed by atoms with Gasteiger partial charge < -0.3 is 8.85 Å². The fourth-order valence-corrected chi connectivity index (χ4v) is 2.54. The van der Waals surface area contributed by atoms with Crippen molar-refractivity contribution in [3.63, 3.8) is 0 Å². The topological polar surface area (TPSA) is 18.5 Å². The molecule has 0 aromatic rings. The average molecular weight is 330 g/mol. The molecular weight excluding hydrogens is 311 g/mol. The summed E-state index contributed by atoms with van der Waals surface area (Å²) in [7, 11) is 1.67. The summed E-state index contributed by atoms with van der Waals surface area (Å²) in [6.45, 7) is 3.69. The maximum atomic E-state index is 5.27. The van der Waals surface area contributed by atoms with Crippen molar-refractivity contribution < 1.29 is 8.85 Å². The van der Waals surface area contributed by atoms with Crippen molar-refractivity contribution in [2.45, 2.75) is 25.6 Å². The second kappa shape index (κ2) is 9.59. The van der Waals surface area contributed by atoms with Gasteiger partial charge in [-0.3, -0.25) is 0 Å². The van der Waals surface area contributed by atoms with Crippen LogP contribution in [0, 0.1) is 0 Å². The maximum absolute atomic E-state index is 5.27. The number of thiol groups is 1. The van der Waals surface area contributed by atoms with Gasteiger partial charge in [-0.25, -0.2) is 0 Å². The Labute approximate surface area is 114 Å². The van der Waals surface area contributed by atoms with E-state index in [9.17, 15) is 0 Å². The molecule has 0 atom stereocenters. The minimum atomic E-state index is -2.19. The van der Waals surface area contributed by atoms with E-state index in [-0.39, 0.29) is 0 Å². The molecule has 8 heteroatoms. The van der Waals surface area contributed by atoms with Gasteiger partial charge in [-0.05, 0) is 31.3 Å². The molecule has 0 aliphatic carbocycles. The molecule has 0 aromatic carbocycles. The van der Waals surface area contributed by atoms with Gasteiger partial charge in [0.2, 0.25) is 0 Å². The third-order valence-corrected chi connectivity index (χ3v) is 4.96. The van der Waals surface area contributed by atoms with Gasteiger partial charge in [-0.15, -0.1) is 33.2 Å². The van der Waals surface area contributed by atoms with Gasteiger partial charge in [0.15, 0.2) is 0 Å². The van der Waals surface area contributed by atoms with Crippen LogP contribution >= 0.6 is 45.9 Å². The summed E-state index contributed by atoms with van der Waals surface area (Å²) in [6.07, 6.45) is 1.08. The molecule has 0 amide bonds. The van der Waals surface area contributed by atoms with Crippen LogP contribution in [0.25, 0.3) is 0 Å². The molecule has 0 unspecified atom stereocenters. The lowest BCUT2D eigenvalue weighted by Crippen LogP contribution is -2.35. The number of halogens is 3. The summed E-state index contributed by atoms with van der Waals surface area (Å²) >= 11 is 19.7. The fraction of sp³-hybridized carbons (Fsp3) is 1.00. The summed E-state index contributed by atoms with van der Waals surface area (Å²) in [5, 5.41) is 0. The van der Waals surface area contributed by atoms with Crippen LogP contribution in [-0.4, -0.2) is 34.5 Å². The predicted octanol–water partition coefficient (Wildman–Crippen LogP) is 3.94. The SMILES string of the molecule is CO[Si](C)(CCCS)OC.C[Si](Cl)(Cl)Cl. The lowest BCUT2D eigenvalue weighted by molar-refractivity contribution is 0.249. The van der Waals surface area contributed by atoms with Gasteiger partial charge in [0.25, 0.3) is 0 Å². The van der Waals surface area contributed by atoms with Crippen LogP contribution in [0.1, 0.15) is 6.42 Å². The van der Waals surface area contributed by atoms with Crippen molar-refractivity contribution in [1.82, 2.24) is 0 Å². The first kappa shape index (κ1) is 18.9. The molecule has 0 saturated heterocycles. The van der Waals surface area contributed by atoms with Crippen LogP contribution in [0.4, 0.5) is 0 Å². The van der Waals surface area contributed by atoms with Crippen LogP contribution < -0.4 is 0 Å². The van der Waals surface area contributed by atoms with E-state index in [2.05, 4.69) is 19.2 Å². The zero-order valence-corrected chi connectivity index (χ0v) is 14.7. The van der Waals surface area contributed by atoms with E-state index >= 15 is 0 Å². The maximum Gasteiger partial charge on any atom is 0.338 e. The Morgan fingerprint density at radius 3 is 1.60 bits per heavy atom. The molecule has 0 saturated carbocycles. The number of hydrogen-bond acceptors (Lipinski definition) is 3. The normalized spacial score (nSPS) is 12.0. The van der Waals surface area contributed by atoms with Crippen LogP contribution in [0.15, 0.2) is 0 Å². The Morgan fingerprint density at radius 1 is 1.07 bits per heavy atom. The monoisotopic (exact) mass is 328 g/mol. The Balaban J connectivity index is 0. The molecule has 0 aliphatic heterocycles. The van der Waals surface area contributed by atoms with E-state index in [0.717, 1.165) is 18.2 Å². The van der Waals surface area contributed by atoms with Crippen molar-refractivity contribution in [3.05, 3.63) is 0 Å². The number of hydrogen-bond donors (Lipinski definition) is 1. The average Bonchev–Trinajstić information content (AvgIpc) is 2.12. The smallest absolute Gasteiger partial charge is 0.338 e. The van der Waals surface area contributed by atoms with Crippen molar-refractivity contribution >= 4 is 60.4 Å². The minimum absolute atomic E-state index is 0.912. The van der Waals surface area contributed by atoms with E-state index in [4.69, 9.17) is 42.1 Å². The quantitative estimate of drug-likeness (QED) is 0.468. The van der Waals surface area contributed by atoms with Gasteiger partial charge >= 0.3 is 14.6 Å². The molecule has 0 rings (SSSR count). The van der Waals surface area contributed by atoms with E-state index in [1.54, 1.807) is 20.8 Å². The summed E-state index contributed by atoms with van der Waals surface area (Å²) < 4.78 is 10.5. The second-order valence-electron chi connectivity index (χ2n) is 3.15. The lowest BCUT2D eigenvalue weighted by Gasteiger charge is -2.21. The Kier molecular flexibility index (Phi) is 12.1. The Morgan fingerprint density at radius 2 is 1.40 bits per heavy atom. The van der Waals surface area contributed by atoms with Gasteiger partial charge in [0.1, 0.15) is 0 Å².